The normalized spacial score (nSPS) is 15.5. The molecular formula is C30H34N10O10S2. The highest BCUT2D eigenvalue weighted by molar-refractivity contribution is 7.86. The molecule has 0 saturated carbocycles. The maximum absolute atomic E-state index is 12.5. The Morgan fingerprint density at radius 1 is 0.712 bits per heavy atom. The molecule has 6 rings (SSSR count). The fraction of sp³-hybridized carbons (Fsp3) is 0.333. The minimum Gasteiger partial charge on any atom is -0.467 e. The Morgan fingerprint density at radius 2 is 1.17 bits per heavy atom. The van der Waals surface area contributed by atoms with Gasteiger partial charge in [-0.15, -0.1) is 0 Å². The van der Waals surface area contributed by atoms with Gasteiger partial charge in [-0.3, -0.25) is 9.11 Å². The summed E-state index contributed by atoms with van der Waals surface area (Å²) in [7, 11) is -8.22. The standard InChI is InChI=1S/C30H34N10O10S2/c1-48-30-37-27(36-29(38-30)40-10-14-50-15-11-40)32-22-7-5-20(24(17-22)52(45,46)47)3-2-19-4-6-21(16-23(19)51(42,43)44)31-26-33-25(18-41)34-28(35-26)39-8-12-49-13-9-39/h2-7,16-17,41H,8-15,18H2,1H3,(H,42,43,44)(H,45,46,47)(H,31,33,34,35)(H,32,36,37,38). The second-order valence-corrected chi connectivity index (χ2v) is 14.0. The van der Waals surface area contributed by atoms with Crippen molar-refractivity contribution < 1.29 is 45.3 Å². The number of benzene rings is 2. The van der Waals surface area contributed by atoms with E-state index in [0.29, 0.717) is 64.5 Å². The first-order valence-electron chi connectivity index (χ1n) is 15.7. The molecule has 0 radical (unpaired) electrons. The molecule has 2 aromatic heterocycles. The summed E-state index contributed by atoms with van der Waals surface area (Å²) in [5.74, 6) is 0.760. The predicted molar refractivity (Wildman–Crippen MR) is 186 cm³/mol. The highest BCUT2D eigenvalue weighted by Crippen LogP contribution is 2.28. The summed E-state index contributed by atoms with van der Waals surface area (Å²) >= 11 is 0. The molecule has 2 aliphatic heterocycles. The third-order valence-corrected chi connectivity index (χ3v) is 9.54. The summed E-state index contributed by atoms with van der Waals surface area (Å²) in [6.45, 7) is 3.55. The molecule has 2 aliphatic rings. The van der Waals surface area contributed by atoms with E-state index in [1.165, 1.54) is 43.5 Å². The van der Waals surface area contributed by atoms with Crippen molar-refractivity contribution in [3.63, 3.8) is 0 Å². The molecule has 4 aromatic rings. The monoisotopic (exact) mass is 758 g/mol. The van der Waals surface area contributed by atoms with Crippen molar-refractivity contribution in [1.82, 2.24) is 29.9 Å². The lowest BCUT2D eigenvalue weighted by molar-refractivity contribution is 0.122. The number of nitrogens with zero attached hydrogens (tertiary/aromatic N) is 8. The number of ether oxygens (including phenoxy) is 3. The van der Waals surface area contributed by atoms with E-state index in [4.69, 9.17) is 14.2 Å². The number of nitrogens with one attached hydrogen (secondary N) is 2. The summed E-state index contributed by atoms with van der Waals surface area (Å²) in [5.41, 5.74) is 0.356. The van der Waals surface area contributed by atoms with Crippen molar-refractivity contribution in [2.24, 2.45) is 0 Å². The number of aliphatic hydroxyl groups is 1. The first-order chi connectivity index (χ1) is 24.9. The van der Waals surface area contributed by atoms with Crippen molar-refractivity contribution in [2.45, 2.75) is 16.4 Å². The predicted octanol–water partition coefficient (Wildman–Crippen LogP) is 1.38. The number of aliphatic hydroxyl groups excluding tert-OH is 1. The largest absolute Gasteiger partial charge is 0.467 e. The van der Waals surface area contributed by atoms with Crippen LogP contribution in [0, 0.1) is 0 Å². The van der Waals surface area contributed by atoms with E-state index in [1.807, 2.05) is 9.80 Å². The zero-order valence-corrected chi connectivity index (χ0v) is 29.2. The van der Waals surface area contributed by atoms with Gasteiger partial charge in [-0.05, 0) is 35.4 Å². The number of aromatic nitrogens is 6. The smallest absolute Gasteiger partial charge is 0.322 e. The van der Waals surface area contributed by atoms with Gasteiger partial charge < -0.3 is 39.8 Å². The number of hydrogen-bond donors (Lipinski definition) is 5. The molecule has 0 amide bonds. The molecule has 2 aromatic carbocycles. The average Bonchev–Trinajstić information content (AvgIpc) is 3.14. The minimum absolute atomic E-state index is 0.00358. The van der Waals surface area contributed by atoms with Crippen molar-refractivity contribution in [3.8, 4) is 6.01 Å². The first kappa shape index (κ1) is 36.7. The van der Waals surface area contributed by atoms with E-state index >= 15 is 0 Å². The summed E-state index contributed by atoms with van der Waals surface area (Å²) in [4.78, 5) is 28.3. The van der Waals surface area contributed by atoms with E-state index < -0.39 is 36.6 Å². The van der Waals surface area contributed by atoms with Crippen LogP contribution in [0.1, 0.15) is 17.0 Å². The molecule has 22 heteroatoms. The van der Waals surface area contributed by atoms with Crippen LogP contribution in [0.5, 0.6) is 6.01 Å². The zero-order valence-electron chi connectivity index (χ0n) is 27.6. The Balaban J connectivity index is 1.27. The maximum atomic E-state index is 12.5. The number of rotatable bonds is 12. The molecule has 4 heterocycles. The lowest BCUT2D eigenvalue weighted by Crippen LogP contribution is -2.37. The van der Waals surface area contributed by atoms with Gasteiger partial charge in [0.1, 0.15) is 16.4 Å². The number of anilines is 6. The van der Waals surface area contributed by atoms with Crippen molar-refractivity contribution in [3.05, 3.63) is 53.3 Å². The summed E-state index contributed by atoms with van der Waals surface area (Å²) < 4.78 is 86.0. The molecule has 20 nitrogen and oxygen atoms in total. The SMILES string of the molecule is COc1nc(Nc2ccc(C=Cc3ccc(Nc4nc(CO)nc(N5CCOCC5)n4)cc3S(=O)(=O)O)c(S(=O)(=O)O)c2)nc(N2CCOCC2)n1. The fourth-order valence-electron chi connectivity index (χ4n) is 5.22. The second kappa shape index (κ2) is 15.6. The van der Waals surface area contributed by atoms with E-state index in [9.17, 15) is 31.0 Å². The molecule has 0 bridgehead atoms. The van der Waals surface area contributed by atoms with E-state index in [2.05, 4.69) is 40.5 Å². The second-order valence-electron chi connectivity index (χ2n) is 11.2. The molecule has 0 unspecified atom stereocenters. The van der Waals surface area contributed by atoms with Crippen LogP contribution in [0.4, 0.5) is 35.2 Å². The van der Waals surface area contributed by atoms with Crippen molar-refractivity contribution >= 4 is 67.6 Å². The van der Waals surface area contributed by atoms with Gasteiger partial charge in [-0.1, -0.05) is 24.3 Å². The number of morpholine rings is 2. The quantitative estimate of drug-likeness (QED) is 0.101. The zero-order chi connectivity index (χ0) is 36.9. The van der Waals surface area contributed by atoms with Gasteiger partial charge in [-0.2, -0.15) is 46.7 Å². The molecule has 0 spiro atoms. The summed E-state index contributed by atoms with van der Waals surface area (Å²) in [5, 5.41) is 15.5. The highest BCUT2D eigenvalue weighted by atomic mass is 32.2. The van der Waals surface area contributed by atoms with Crippen LogP contribution in [0.2, 0.25) is 0 Å². The van der Waals surface area contributed by atoms with Gasteiger partial charge in [0.15, 0.2) is 5.82 Å². The molecule has 5 N–H and O–H groups in total. The van der Waals surface area contributed by atoms with Gasteiger partial charge in [-0.25, -0.2) is 0 Å². The summed E-state index contributed by atoms with van der Waals surface area (Å²) in [6.07, 6.45) is 2.53. The van der Waals surface area contributed by atoms with Gasteiger partial charge in [0.2, 0.25) is 23.8 Å². The lowest BCUT2D eigenvalue weighted by atomic mass is 10.1. The van der Waals surface area contributed by atoms with Gasteiger partial charge in [0, 0.05) is 37.6 Å². The Kier molecular flexibility index (Phi) is 11.0. The van der Waals surface area contributed by atoms with E-state index in [1.54, 1.807) is 0 Å². The van der Waals surface area contributed by atoms with Crippen LogP contribution in [-0.2, 0) is 36.3 Å². The minimum atomic E-state index is -4.81. The molecule has 0 atom stereocenters. The Morgan fingerprint density at radius 3 is 1.62 bits per heavy atom. The summed E-state index contributed by atoms with van der Waals surface area (Å²) in [6, 6.07) is 8.02. The van der Waals surface area contributed by atoms with Crippen LogP contribution in [0.15, 0.2) is 46.2 Å². The van der Waals surface area contributed by atoms with Crippen LogP contribution in [-0.4, -0.2) is 121 Å². The molecule has 2 saturated heterocycles. The van der Waals surface area contributed by atoms with E-state index in [-0.39, 0.29) is 46.2 Å². The van der Waals surface area contributed by atoms with Crippen LogP contribution in [0.25, 0.3) is 12.2 Å². The molecule has 276 valence electrons. The van der Waals surface area contributed by atoms with E-state index in [0.717, 1.165) is 12.1 Å². The number of hydrogen-bond acceptors (Lipinski definition) is 18. The van der Waals surface area contributed by atoms with Crippen molar-refractivity contribution in [1.29, 1.82) is 0 Å². The molecular weight excluding hydrogens is 725 g/mol. The topological polar surface area (TPSA) is 265 Å². The van der Waals surface area contributed by atoms with Gasteiger partial charge in [0.25, 0.3) is 20.2 Å². The van der Waals surface area contributed by atoms with Crippen molar-refractivity contribution in [2.75, 3.05) is 80.1 Å². The number of methoxy groups -OCH3 is 1. The Bertz CT molecular complexity index is 2030. The first-order valence-corrected chi connectivity index (χ1v) is 18.5. The van der Waals surface area contributed by atoms with Gasteiger partial charge >= 0.3 is 6.01 Å². The van der Waals surface area contributed by atoms with Gasteiger partial charge in [0.05, 0.1) is 33.5 Å². The Labute approximate surface area is 298 Å². The maximum Gasteiger partial charge on any atom is 0.322 e. The highest BCUT2D eigenvalue weighted by Gasteiger charge is 2.21. The third kappa shape index (κ3) is 9.03. The third-order valence-electron chi connectivity index (χ3n) is 7.72. The fourth-order valence-corrected chi connectivity index (χ4v) is 6.64. The van der Waals surface area contributed by atoms with Crippen LogP contribution in [0.3, 0.4) is 0 Å². The molecule has 0 aliphatic carbocycles. The Hall–Kier alpha value is -5.10. The average molecular weight is 759 g/mol. The lowest BCUT2D eigenvalue weighted by Gasteiger charge is -2.27. The van der Waals surface area contributed by atoms with Crippen LogP contribution >= 0.6 is 0 Å². The van der Waals surface area contributed by atoms with Crippen LogP contribution < -0.4 is 25.2 Å². The molecule has 52 heavy (non-hydrogen) atoms. The molecule has 2 fully saturated rings.